The number of pyridine rings is 2. The molecule has 0 fully saturated rings. The molecule has 0 radical (unpaired) electrons. The summed E-state index contributed by atoms with van der Waals surface area (Å²) in [5.74, 6) is 0.0464. The van der Waals surface area contributed by atoms with Gasteiger partial charge in [-0.15, -0.1) is 0 Å². The number of amides is 2. The van der Waals surface area contributed by atoms with Gasteiger partial charge in [0.2, 0.25) is 0 Å². The molecule has 5 N–H and O–H groups in total. The molecule has 3 rings (SSSR count). The highest BCUT2D eigenvalue weighted by Crippen LogP contribution is 2.18. The Morgan fingerprint density at radius 3 is 2.31 bits per heavy atom. The number of hydrogen-bond acceptors (Lipinski definition) is 6. The number of nitrogens with two attached hydrogens (primary N) is 1. The summed E-state index contributed by atoms with van der Waals surface area (Å²) in [6, 6.07) is 13.5. The van der Waals surface area contributed by atoms with Crippen molar-refractivity contribution in [1.29, 1.82) is 0 Å². The van der Waals surface area contributed by atoms with E-state index in [-0.39, 0.29) is 11.8 Å². The Bertz CT molecular complexity index is 993. The molecule has 1 aromatic carbocycles. The van der Waals surface area contributed by atoms with E-state index in [4.69, 9.17) is 17.3 Å². The van der Waals surface area contributed by atoms with Crippen LogP contribution in [0.2, 0.25) is 5.15 Å². The average Bonchev–Trinajstić information content (AvgIpc) is 2.73. The van der Waals surface area contributed by atoms with Crippen molar-refractivity contribution < 1.29 is 9.59 Å². The van der Waals surface area contributed by atoms with Crippen LogP contribution in [0.1, 0.15) is 20.7 Å². The first-order chi connectivity index (χ1) is 14.0. The molecule has 2 heterocycles. The lowest BCUT2D eigenvalue weighted by Gasteiger charge is -2.09. The van der Waals surface area contributed by atoms with Crippen LogP contribution in [0.25, 0.3) is 0 Å². The molecule has 0 bridgehead atoms. The first-order valence-corrected chi connectivity index (χ1v) is 9.16. The molecule has 2 aromatic heterocycles. The van der Waals surface area contributed by atoms with Crippen LogP contribution in [-0.2, 0) is 0 Å². The largest absolute Gasteiger partial charge is 0.397 e. The summed E-state index contributed by atoms with van der Waals surface area (Å²) >= 11 is 5.70. The minimum absolute atomic E-state index is 0.240. The second-order valence-corrected chi connectivity index (χ2v) is 6.41. The fourth-order valence-electron chi connectivity index (χ4n) is 2.42. The predicted octanol–water partition coefficient (Wildman–Crippen LogP) is 2.81. The first-order valence-electron chi connectivity index (χ1n) is 8.78. The van der Waals surface area contributed by atoms with Gasteiger partial charge >= 0.3 is 0 Å². The fourth-order valence-corrected chi connectivity index (χ4v) is 2.53. The molecular weight excluding hydrogens is 392 g/mol. The number of nitrogen functional groups attached to an aromatic ring is 1. The number of halogens is 1. The number of anilines is 3. The van der Waals surface area contributed by atoms with Crippen LogP contribution in [0.3, 0.4) is 0 Å². The van der Waals surface area contributed by atoms with Gasteiger partial charge in [-0.2, -0.15) is 0 Å². The molecule has 29 heavy (non-hydrogen) atoms. The monoisotopic (exact) mass is 410 g/mol. The Balaban J connectivity index is 1.45. The summed E-state index contributed by atoms with van der Waals surface area (Å²) in [6.45, 7) is 0.852. The van der Waals surface area contributed by atoms with Crippen molar-refractivity contribution >= 4 is 40.6 Å². The Kier molecular flexibility index (Phi) is 6.59. The highest BCUT2D eigenvalue weighted by Gasteiger charge is 2.09. The summed E-state index contributed by atoms with van der Waals surface area (Å²) in [5, 5.41) is 8.91. The van der Waals surface area contributed by atoms with Gasteiger partial charge in [0.25, 0.3) is 11.8 Å². The third kappa shape index (κ3) is 5.66. The molecule has 0 unspecified atom stereocenters. The van der Waals surface area contributed by atoms with Gasteiger partial charge in [0.05, 0.1) is 22.5 Å². The van der Waals surface area contributed by atoms with Gasteiger partial charge in [0.1, 0.15) is 11.0 Å². The Hall–Kier alpha value is -3.65. The maximum atomic E-state index is 12.3. The Morgan fingerprint density at radius 2 is 1.62 bits per heavy atom. The van der Waals surface area contributed by atoms with Crippen LogP contribution in [0.5, 0.6) is 0 Å². The zero-order chi connectivity index (χ0) is 20.6. The number of benzene rings is 1. The van der Waals surface area contributed by atoms with Crippen molar-refractivity contribution in [2.24, 2.45) is 0 Å². The number of carbonyl (C=O) groups excluding carboxylic acids is 2. The molecule has 0 aliphatic carbocycles. The lowest BCUT2D eigenvalue weighted by molar-refractivity contribution is 0.0954. The molecule has 0 aliphatic rings. The third-order valence-electron chi connectivity index (χ3n) is 3.94. The molecule has 0 saturated carbocycles. The number of rotatable bonds is 7. The van der Waals surface area contributed by atoms with Crippen molar-refractivity contribution in [2.45, 2.75) is 0 Å². The molecule has 3 aromatic rings. The smallest absolute Gasteiger partial charge is 0.257 e. The fraction of sp³-hybridized carbons (Fsp3) is 0.100. The minimum atomic E-state index is -0.300. The molecule has 2 amide bonds. The molecule has 9 heteroatoms. The number of nitrogens with one attached hydrogen (secondary N) is 3. The molecule has 148 valence electrons. The number of hydrogen-bond donors (Lipinski definition) is 4. The summed E-state index contributed by atoms with van der Waals surface area (Å²) in [7, 11) is 0. The summed E-state index contributed by atoms with van der Waals surface area (Å²) < 4.78 is 0. The Labute approximate surface area is 172 Å². The van der Waals surface area contributed by atoms with E-state index in [0.717, 1.165) is 0 Å². The predicted molar refractivity (Wildman–Crippen MR) is 113 cm³/mol. The molecular formula is C20H19ClN6O2. The van der Waals surface area contributed by atoms with Crippen LogP contribution < -0.4 is 21.7 Å². The number of para-hydroxylation sites is 2. The van der Waals surface area contributed by atoms with E-state index in [2.05, 4.69) is 25.9 Å². The zero-order valence-electron chi connectivity index (χ0n) is 15.4. The van der Waals surface area contributed by atoms with E-state index < -0.39 is 0 Å². The van der Waals surface area contributed by atoms with Gasteiger partial charge in [-0.1, -0.05) is 23.7 Å². The second-order valence-electron chi connectivity index (χ2n) is 6.03. The maximum absolute atomic E-state index is 12.3. The van der Waals surface area contributed by atoms with E-state index in [1.54, 1.807) is 48.5 Å². The third-order valence-corrected chi connectivity index (χ3v) is 4.16. The normalized spacial score (nSPS) is 10.2. The number of aromatic nitrogens is 2. The number of nitrogens with zero attached hydrogens (tertiary/aromatic N) is 2. The molecule has 0 aliphatic heterocycles. The number of carbonyl (C=O) groups is 2. The lowest BCUT2D eigenvalue weighted by Crippen LogP contribution is -2.29. The minimum Gasteiger partial charge on any atom is -0.397 e. The van der Waals surface area contributed by atoms with E-state index >= 15 is 0 Å². The van der Waals surface area contributed by atoms with E-state index in [1.165, 1.54) is 12.4 Å². The lowest BCUT2D eigenvalue weighted by atomic mass is 10.2. The van der Waals surface area contributed by atoms with Gasteiger partial charge in [-0.05, 0) is 36.4 Å². The van der Waals surface area contributed by atoms with Gasteiger partial charge < -0.3 is 21.7 Å². The van der Waals surface area contributed by atoms with Crippen LogP contribution in [0, 0.1) is 0 Å². The highest BCUT2D eigenvalue weighted by molar-refractivity contribution is 6.29. The van der Waals surface area contributed by atoms with Crippen molar-refractivity contribution in [1.82, 2.24) is 15.3 Å². The topological polar surface area (TPSA) is 122 Å². The van der Waals surface area contributed by atoms with Gasteiger partial charge in [-0.3, -0.25) is 9.59 Å². The zero-order valence-corrected chi connectivity index (χ0v) is 16.1. The molecule has 0 saturated heterocycles. The average molecular weight is 411 g/mol. The van der Waals surface area contributed by atoms with E-state index in [1.807, 2.05) is 0 Å². The van der Waals surface area contributed by atoms with Crippen LogP contribution >= 0.6 is 11.6 Å². The summed E-state index contributed by atoms with van der Waals surface area (Å²) in [5.41, 5.74) is 7.70. The first kappa shape index (κ1) is 20.1. The molecule has 8 nitrogen and oxygen atoms in total. The second kappa shape index (κ2) is 9.52. The van der Waals surface area contributed by atoms with E-state index in [0.29, 0.717) is 46.6 Å². The quantitative estimate of drug-likeness (QED) is 0.270. The van der Waals surface area contributed by atoms with Gasteiger partial charge in [0, 0.05) is 25.5 Å². The van der Waals surface area contributed by atoms with Crippen molar-refractivity contribution in [3.05, 3.63) is 77.2 Å². The highest BCUT2D eigenvalue weighted by atomic mass is 35.5. The Morgan fingerprint density at radius 1 is 0.897 bits per heavy atom. The standard InChI is InChI=1S/C20H19ClN6O2/c21-17-7-5-13(11-25-17)19(28)24-10-9-23-18-8-6-14(12-26-18)20(29)27-16-4-2-1-3-15(16)22/h1-8,11-12H,9-10,22H2,(H,23,26)(H,24,28)(H,27,29). The van der Waals surface area contributed by atoms with Gasteiger partial charge in [0.15, 0.2) is 0 Å². The maximum Gasteiger partial charge on any atom is 0.257 e. The SMILES string of the molecule is Nc1ccccc1NC(=O)c1ccc(NCCNC(=O)c2ccc(Cl)nc2)nc1. The molecule has 0 spiro atoms. The summed E-state index contributed by atoms with van der Waals surface area (Å²) in [6.07, 6.45) is 2.88. The van der Waals surface area contributed by atoms with Crippen LogP contribution in [-0.4, -0.2) is 34.9 Å². The van der Waals surface area contributed by atoms with E-state index in [9.17, 15) is 9.59 Å². The van der Waals surface area contributed by atoms with Crippen molar-refractivity contribution in [3.8, 4) is 0 Å². The molecule has 0 atom stereocenters. The summed E-state index contributed by atoms with van der Waals surface area (Å²) in [4.78, 5) is 32.3. The van der Waals surface area contributed by atoms with Crippen LogP contribution in [0.15, 0.2) is 60.9 Å². The van der Waals surface area contributed by atoms with Crippen molar-refractivity contribution in [2.75, 3.05) is 29.5 Å². The van der Waals surface area contributed by atoms with Crippen molar-refractivity contribution in [3.63, 3.8) is 0 Å². The van der Waals surface area contributed by atoms with Gasteiger partial charge in [-0.25, -0.2) is 9.97 Å². The van der Waals surface area contributed by atoms with Crippen LogP contribution in [0.4, 0.5) is 17.2 Å².